The maximum atomic E-state index is 13.8. The largest absolute Gasteiger partial charge is 0.279 e. The smallest absolute Gasteiger partial charge is 0.260 e. The zero-order chi connectivity index (χ0) is 26.4. The number of unbranched alkanes of at least 4 members (excludes halogenated alkanes) is 1. The van der Waals surface area contributed by atoms with E-state index in [2.05, 4.69) is 24.0 Å². The van der Waals surface area contributed by atoms with Gasteiger partial charge in [0.1, 0.15) is 0 Å². The number of carbonyl (C=O) groups is 1. The zero-order valence-corrected chi connectivity index (χ0v) is 23.1. The summed E-state index contributed by atoms with van der Waals surface area (Å²) < 4.78 is 28.7. The van der Waals surface area contributed by atoms with Crippen LogP contribution in [0.3, 0.4) is 0 Å². The first-order valence-electron chi connectivity index (χ1n) is 12.6. The van der Waals surface area contributed by atoms with Crippen LogP contribution in [0.2, 0.25) is 0 Å². The Bertz CT molecular complexity index is 1450. The second-order valence-corrected chi connectivity index (χ2v) is 11.7. The van der Waals surface area contributed by atoms with Crippen molar-refractivity contribution in [1.29, 1.82) is 0 Å². The second kappa shape index (κ2) is 11.9. The number of aromatic nitrogens is 2. The van der Waals surface area contributed by atoms with E-state index in [1.165, 1.54) is 33.3 Å². The number of fused-ring (bicyclic) bond motifs is 1. The fourth-order valence-electron chi connectivity index (χ4n) is 4.05. The minimum atomic E-state index is -3.62. The predicted molar refractivity (Wildman–Crippen MR) is 150 cm³/mol. The van der Waals surface area contributed by atoms with Gasteiger partial charge in [0.25, 0.3) is 5.91 Å². The van der Waals surface area contributed by atoms with Crippen LogP contribution in [0, 0.1) is 0 Å². The Kier molecular flexibility index (Phi) is 8.68. The maximum absolute atomic E-state index is 13.8. The van der Waals surface area contributed by atoms with Crippen molar-refractivity contribution in [3.8, 4) is 0 Å². The summed E-state index contributed by atoms with van der Waals surface area (Å²) in [6.45, 7) is 7.16. The van der Waals surface area contributed by atoms with Gasteiger partial charge in [0, 0.05) is 31.0 Å². The molecule has 0 saturated carbocycles. The molecule has 7 nitrogen and oxygen atoms in total. The normalized spacial score (nSPS) is 11.8. The third kappa shape index (κ3) is 6.06. The Morgan fingerprint density at radius 1 is 1.00 bits per heavy atom. The number of pyridine rings is 1. The van der Waals surface area contributed by atoms with E-state index in [9.17, 15) is 13.2 Å². The topological polar surface area (TPSA) is 83.5 Å². The number of aryl methyl sites for hydroxylation is 1. The number of thiazole rings is 1. The van der Waals surface area contributed by atoms with Crippen molar-refractivity contribution in [3.63, 3.8) is 0 Å². The highest BCUT2D eigenvalue weighted by Gasteiger charge is 2.25. The van der Waals surface area contributed by atoms with Crippen molar-refractivity contribution < 1.29 is 13.2 Å². The van der Waals surface area contributed by atoms with Crippen LogP contribution in [0.25, 0.3) is 10.2 Å². The molecule has 0 fully saturated rings. The number of hydrogen-bond acceptors (Lipinski definition) is 6. The molecule has 0 aliphatic heterocycles. The minimum absolute atomic E-state index is 0.188. The quantitative estimate of drug-likeness (QED) is 0.238. The summed E-state index contributed by atoms with van der Waals surface area (Å²) in [5.74, 6) is -0.249. The van der Waals surface area contributed by atoms with Gasteiger partial charge in [0.05, 0.1) is 21.7 Å². The lowest BCUT2D eigenvalue weighted by molar-refractivity contribution is 0.0985. The summed E-state index contributed by atoms with van der Waals surface area (Å²) in [4.78, 5) is 24.5. The van der Waals surface area contributed by atoms with Crippen molar-refractivity contribution in [3.05, 3.63) is 83.7 Å². The summed E-state index contributed by atoms with van der Waals surface area (Å²) in [6, 6.07) is 16.1. The Balaban J connectivity index is 1.67. The summed E-state index contributed by atoms with van der Waals surface area (Å²) >= 11 is 1.47. The van der Waals surface area contributed by atoms with E-state index in [4.69, 9.17) is 4.98 Å². The maximum Gasteiger partial charge on any atom is 0.260 e. The molecule has 0 unspecified atom stereocenters. The van der Waals surface area contributed by atoms with Crippen LogP contribution in [-0.4, -0.2) is 41.7 Å². The molecule has 2 aromatic heterocycles. The molecule has 0 bridgehead atoms. The number of carbonyl (C=O) groups excluding carboxylic acids is 1. The highest BCUT2D eigenvalue weighted by molar-refractivity contribution is 7.89. The van der Waals surface area contributed by atoms with E-state index in [1.54, 1.807) is 29.4 Å². The van der Waals surface area contributed by atoms with Crippen LogP contribution in [0.15, 0.2) is 71.9 Å². The van der Waals surface area contributed by atoms with Gasteiger partial charge in [0.2, 0.25) is 10.0 Å². The SMILES string of the molecule is CCCCN(CC)S(=O)(=O)c1ccc(C(=O)N(Cc2cccnc2)c2nc3ccc(CC)cc3s2)cc1. The molecule has 2 aromatic carbocycles. The molecule has 9 heteroatoms. The van der Waals surface area contributed by atoms with Gasteiger partial charge in [-0.1, -0.05) is 50.7 Å². The lowest BCUT2D eigenvalue weighted by atomic mass is 10.2. The Morgan fingerprint density at radius 3 is 2.43 bits per heavy atom. The van der Waals surface area contributed by atoms with E-state index in [-0.39, 0.29) is 10.8 Å². The van der Waals surface area contributed by atoms with Crippen LogP contribution in [0.1, 0.15) is 55.1 Å². The number of nitrogens with zero attached hydrogens (tertiary/aromatic N) is 4. The van der Waals surface area contributed by atoms with E-state index in [0.717, 1.165) is 35.0 Å². The number of hydrogen-bond donors (Lipinski definition) is 0. The molecular formula is C28H32N4O3S2. The molecule has 0 N–H and O–H groups in total. The number of sulfonamides is 1. The summed E-state index contributed by atoms with van der Waals surface area (Å²) in [5.41, 5.74) is 3.32. The lowest BCUT2D eigenvalue weighted by Crippen LogP contribution is -2.32. The fourth-order valence-corrected chi connectivity index (χ4v) is 6.56. The molecule has 2 heterocycles. The fraction of sp³-hybridized carbons (Fsp3) is 0.321. The van der Waals surface area contributed by atoms with Crippen LogP contribution < -0.4 is 4.90 Å². The molecule has 37 heavy (non-hydrogen) atoms. The zero-order valence-electron chi connectivity index (χ0n) is 21.4. The van der Waals surface area contributed by atoms with Gasteiger partial charge < -0.3 is 0 Å². The van der Waals surface area contributed by atoms with E-state index in [0.29, 0.717) is 30.3 Å². The highest BCUT2D eigenvalue weighted by atomic mass is 32.2. The second-order valence-electron chi connectivity index (χ2n) is 8.78. The molecule has 0 radical (unpaired) electrons. The Hall–Kier alpha value is -3.14. The number of benzene rings is 2. The van der Waals surface area contributed by atoms with Gasteiger partial charge in [-0.3, -0.25) is 14.7 Å². The molecule has 0 spiro atoms. The summed E-state index contributed by atoms with van der Waals surface area (Å²) in [7, 11) is -3.62. The first-order valence-corrected chi connectivity index (χ1v) is 14.8. The Labute approximate surface area is 222 Å². The van der Waals surface area contributed by atoms with Crippen LogP contribution in [-0.2, 0) is 23.0 Å². The molecule has 1 amide bonds. The first-order chi connectivity index (χ1) is 17.9. The van der Waals surface area contributed by atoms with Crippen molar-refractivity contribution in [1.82, 2.24) is 14.3 Å². The Morgan fingerprint density at radius 2 is 1.78 bits per heavy atom. The van der Waals surface area contributed by atoms with Gasteiger partial charge in [-0.25, -0.2) is 13.4 Å². The van der Waals surface area contributed by atoms with Gasteiger partial charge in [-0.05, 0) is 66.4 Å². The number of anilines is 1. The van der Waals surface area contributed by atoms with Crippen LogP contribution >= 0.6 is 11.3 Å². The number of rotatable bonds is 11. The van der Waals surface area contributed by atoms with Gasteiger partial charge >= 0.3 is 0 Å². The first kappa shape index (κ1) is 26.9. The molecule has 194 valence electrons. The minimum Gasteiger partial charge on any atom is -0.279 e. The standard InChI is InChI=1S/C28H32N4O3S2/c1-4-7-17-31(6-3)37(34,35)24-13-11-23(12-14-24)27(33)32(20-22-9-8-16-29-19-22)28-30-25-15-10-21(5-2)18-26(25)36-28/h8-16,18-19H,4-7,17,20H2,1-3H3. The van der Waals surface area contributed by atoms with Gasteiger partial charge in [-0.15, -0.1) is 0 Å². The molecule has 0 atom stereocenters. The molecule has 0 aliphatic rings. The summed E-state index contributed by atoms with van der Waals surface area (Å²) in [6.07, 6.45) is 6.06. The molecule has 0 aliphatic carbocycles. The monoisotopic (exact) mass is 536 g/mol. The molecule has 4 rings (SSSR count). The molecular weight excluding hydrogens is 504 g/mol. The summed E-state index contributed by atoms with van der Waals surface area (Å²) in [5, 5.41) is 0.588. The van der Waals surface area contributed by atoms with Crippen molar-refractivity contribution in [2.45, 2.75) is 51.5 Å². The van der Waals surface area contributed by atoms with Crippen LogP contribution in [0.4, 0.5) is 5.13 Å². The van der Waals surface area contributed by atoms with E-state index >= 15 is 0 Å². The lowest BCUT2D eigenvalue weighted by Gasteiger charge is -2.21. The highest BCUT2D eigenvalue weighted by Crippen LogP contribution is 2.32. The predicted octanol–water partition coefficient (Wildman–Crippen LogP) is 5.91. The third-order valence-corrected chi connectivity index (χ3v) is 9.27. The average Bonchev–Trinajstić information content (AvgIpc) is 3.35. The third-order valence-electron chi connectivity index (χ3n) is 6.24. The van der Waals surface area contributed by atoms with Crippen LogP contribution in [0.5, 0.6) is 0 Å². The van der Waals surface area contributed by atoms with Gasteiger partial charge in [-0.2, -0.15) is 4.31 Å². The van der Waals surface area contributed by atoms with Crippen molar-refractivity contribution in [2.75, 3.05) is 18.0 Å². The van der Waals surface area contributed by atoms with E-state index < -0.39 is 10.0 Å². The number of amides is 1. The molecule has 4 aromatic rings. The van der Waals surface area contributed by atoms with E-state index in [1.807, 2.05) is 32.0 Å². The molecule has 0 saturated heterocycles. The van der Waals surface area contributed by atoms with Gasteiger partial charge in [0.15, 0.2) is 5.13 Å². The average molecular weight is 537 g/mol. The van der Waals surface area contributed by atoms with Crippen molar-refractivity contribution >= 4 is 42.6 Å². The van der Waals surface area contributed by atoms with Crippen molar-refractivity contribution in [2.24, 2.45) is 0 Å².